The first-order valence-corrected chi connectivity index (χ1v) is 13.8. The van der Waals surface area contributed by atoms with Crippen molar-refractivity contribution in [1.29, 1.82) is 0 Å². The number of rotatable bonds is 5. The molecule has 1 amide bonds. The van der Waals surface area contributed by atoms with Gasteiger partial charge in [-0.25, -0.2) is 8.42 Å². The second-order valence-corrected chi connectivity index (χ2v) is 11.4. The number of piperidine rings is 1. The van der Waals surface area contributed by atoms with E-state index >= 15 is 0 Å². The molecule has 1 fully saturated rings. The zero-order chi connectivity index (χ0) is 25.3. The lowest BCUT2D eigenvalue weighted by Crippen LogP contribution is -2.35. The predicted molar refractivity (Wildman–Crippen MR) is 132 cm³/mol. The smallest absolute Gasteiger partial charge is 0.325 e. The molecule has 0 aliphatic carbocycles. The lowest BCUT2D eigenvalue weighted by molar-refractivity contribution is -0.141. The van der Waals surface area contributed by atoms with E-state index in [2.05, 4.69) is 4.99 Å². The third-order valence-electron chi connectivity index (χ3n) is 6.11. The van der Waals surface area contributed by atoms with Gasteiger partial charge in [-0.15, -0.1) is 0 Å². The van der Waals surface area contributed by atoms with Crippen LogP contribution in [0.25, 0.3) is 10.2 Å². The Balaban J connectivity index is 1.49. The fraction of sp³-hybridized carbons (Fsp3) is 0.375. The molecule has 10 nitrogen and oxygen atoms in total. The number of hydrogen-bond acceptors (Lipinski definition) is 8. The van der Waals surface area contributed by atoms with Crippen LogP contribution in [0.5, 0.6) is 11.5 Å². The number of ether oxygens (including phenoxy) is 3. The highest BCUT2D eigenvalue weighted by molar-refractivity contribution is 7.89. The number of carbonyl (C=O) groups excluding carboxylic acids is 2. The van der Waals surface area contributed by atoms with Crippen molar-refractivity contribution in [1.82, 2.24) is 8.87 Å². The third-order valence-corrected chi connectivity index (χ3v) is 9.07. The summed E-state index contributed by atoms with van der Waals surface area (Å²) in [6.45, 7) is 1.72. The number of hydrogen-bond donors (Lipinski definition) is 0. The van der Waals surface area contributed by atoms with E-state index in [0.717, 1.165) is 24.0 Å². The van der Waals surface area contributed by atoms with Gasteiger partial charge in [0.1, 0.15) is 19.8 Å². The molecule has 2 aromatic carbocycles. The monoisotopic (exact) mass is 531 g/mol. The number of benzene rings is 2. The molecule has 36 heavy (non-hydrogen) atoms. The van der Waals surface area contributed by atoms with Gasteiger partial charge in [0.05, 0.1) is 22.2 Å². The Kier molecular flexibility index (Phi) is 6.82. The summed E-state index contributed by atoms with van der Waals surface area (Å²) >= 11 is 1.23. The first-order chi connectivity index (χ1) is 17.4. The average molecular weight is 532 g/mol. The van der Waals surface area contributed by atoms with Gasteiger partial charge >= 0.3 is 5.97 Å². The van der Waals surface area contributed by atoms with E-state index in [9.17, 15) is 18.0 Å². The molecule has 0 N–H and O–H groups in total. The Bertz CT molecular complexity index is 1480. The van der Waals surface area contributed by atoms with Crippen molar-refractivity contribution in [3.8, 4) is 11.5 Å². The zero-order valence-corrected chi connectivity index (χ0v) is 21.3. The molecule has 0 unspecified atom stereocenters. The van der Waals surface area contributed by atoms with Crippen LogP contribution >= 0.6 is 11.3 Å². The fourth-order valence-electron chi connectivity index (χ4n) is 4.21. The Labute approximate surface area is 211 Å². The lowest BCUT2D eigenvalue weighted by Gasteiger charge is -2.25. The van der Waals surface area contributed by atoms with Crippen LogP contribution in [0.1, 0.15) is 29.6 Å². The van der Waals surface area contributed by atoms with E-state index in [1.54, 1.807) is 16.7 Å². The number of methoxy groups -OCH3 is 1. The maximum Gasteiger partial charge on any atom is 0.325 e. The van der Waals surface area contributed by atoms with Crippen molar-refractivity contribution >= 4 is 43.5 Å². The van der Waals surface area contributed by atoms with Gasteiger partial charge in [0, 0.05) is 30.8 Å². The summed E-state index contributed by atoms with van der Waals surface area (Å²) in [4.78, 5) is 29.8. The third kappa shape index (κ3) is 4.75. The molecule has 3 heterocycles. The van der Waals surface area contributed by atoms with Crippen LogP contribution in [0.2, 0.25) is 0 Å². The number of esters is 1. The average Bonchev–Trinajstić information content (AvgIpc) is 3.22. The Morgan fingerprint density at radius 2 is 1.69 bits per heavy atom. The Hall–Kier alpha value is -3.22. The second kappa shape index (κ2) is 10.0. The number of aromatic nitrogens is 1. The highest BCUT2D eigenvalue weighted by Crippen LogP contribution is 2.35. The van der Waals surface area contributed by atoms with Gasteiger partial charge in [-0.05, 0) is 37.1 Å². The van der Waals surface area contributed by atoms with Crippen LogP contribution < -0.4 is 14.3 Å². The summed E-state index contributed by atoms with van der Waals surface area (Å²) in [5.41, 5.74) is 0.893. The normalized spacial score (nSPS) is 16.8. The van der Waals surface area contributed by atoms with Crippen molar-refractivity contribution in [3.05, 3.63) is 46.8 Å². The summed E-state index contributed by atoms with van der Waals surface area (Å²) < 4.78 is 45.8. The molecule has 1 aromatic heterocycles. The molecule has 1 saturated heterocycles. The van der Waals surface area contributed by atoms with E-state index in [-0.39, 0.29) is 17.0 Å². The molecule has 190 valence electrons. The summed E-state index contributed by atoms with van der Waals surface area (Å²) in [5, 5.41) is 0. The molecule has 2 aliphatic rings. The van der Waals surface area contributed by atoms with Crippen LogP contribution in [-0.4, -0.2) is 62.6 Å². The van der Waals surface area contributed by atoms with Crippen LogP contribution in [0.3, 0.4) is 0 Å². The van der Waals surface area contributed by atoms with Crippen molar-refractivity contribution in [2.75, 3.05) is 33.4 Å². The summed E-state index contributed by atoms with van der Waals surface area (Å²) in [7, 11) is -2.31. The maximum absolute atomic E-state index is 13.0. The van der Waals surface area contributed by atoms with Gasteiger partial charge < -0.3 is 18.8 Å². The number of nitrogens with zero attached hydrogens (tertiary/aromatic N) is 3. The lowest BCUT2D eigenvalue weighted by atomic mass is 10.2. The van der Waals surface area contributed by atoms with Gasteiger partial charge in [-0.3, -0.25) is 9.59 Å². The van der Waals surface area contributed by atoms with Crippen molar-refractivity contribution in [2.45, 2.75) is 30.7 Å². The zero-order valence-electron chi connectivity index (χ0n) is 19.6. The standard InChI is InChI=1S/C24H25N3O7S2/c1-32-22(28)15-27-18-13-19-20(34-12-11-33-19)14-21(18)35-24(27)25-23(29)16-5-7-17(8-6-16)36(30,31)26-9-3-2-4-10-26/h5-8,13-14H,2-4,9-12,15H2,1H3. The minimum atomic E-state index is -3.60. The predicted octanol–water partition coefficient (Wildman–Crippen LogP) is 2.56. The van der Waals surface area contributed by atoms with E-state index in [1.807, 2.05) is 0 Å². The van der Waals surface area contributed by atoms with Gasteiger partial charge in [0.15, 0.2) is 16.3 Å². The molecule has 0 saturated carbocycles. The number of carbonyl (C=O) groups is 2. The largest absolute Gasteiger partial charge is 0.486 e. The molecule has 3 aromatic rings. The highest BCUT2D eigenvalue weighted by Gasteiger charge is 2.26. The Morgan fingerprint density at radius 1 is 1.03 bits per heavy atom. The fourth-order valence-corrected chi connectivity index (χ4v) is 6.77. The molecule has 0 bridgehead atoms. The van der Waals surface area contributed by atoms with Crippen LogP contribution in [0.15, 0.2) is 46.3 Å². The van der Waals surface area contributed by atoms with Gasteiger partial charge in [0.2, 0.25) is 10.0 Å². The topological polar surface area (TPSA) is 117 Å². The molecule has 0 atom stereocenters. The highest BCUT2D eigenvalue weighted by atomic mass is 32.2. The Morgan fingerprint density at radius 3 is 2.36 bits per heavy atom. The van der Waals surface area contributed by atoms with Gasteiger partial charge in [-0.2, -0.15) is 9.30 Å². The van der Waals surface area contributed by atoms with Crippen LogP contribution in [0, 0.1) is 0 Å². The molecule has 2 aliphatic heterocycles. The van der Waals surface area contributed by atoms with Gasteiger partial charge in [0.25, 0.3) is 5.91 Å². The molecule has 12 heteroatoms. The van der Waals surface area contributed by atoms with Gasteiger partial charge in [-0.1, -0.05) is 17.8 Å². The first kappa shape index (κ1) is 24.5. The van der Waals surface area contributed by atoms with E-state index in [4.69, 9.17) is 14.2 Å². The van der Waals surface area contributed by atoms with E-state index in [1.165, 1.54) is 47.0 Å². The number of thiazole rings is 1. The summed E-state index contributed by atoms with van der Waals surface area (Å²) in [5.74, 6) is 0.0854. The summed E-state index contributed by atoms with van der Waals surface area (Å²) in [6, 6.07) is 9.34. The number of amides is 1. The van der Waals surface area contributed by atoms with Crippen LogP contribution in [0.4, 0.5) is 0 Å². The quantitative estimate of drug-likeness (QED) is 0.465. The van der Waals surface area contributed by atoms with Crippen molar-refractivity contribution in [3.63, 3.8) is 0 Å². The SMILES string of the molecule is COC(=O)Cn1c(=NC(=O)c2ccc(S(=O)(=O)N3CCCCC3)cc2)sc2cc3c(cc21)OCCO3. The molecule has 0 radical (unpaired) electrons. The number of sulfonamides is 1. The van der Waals surface area contributed by atoms with E-state index < -0.39 is 21.9 Å². The molecular formula is C24H25N3O7S2. The van der Waals surface area contributed by atoms with Crippen molar-refractivity contribution in [2.24, 2.45) is 4.99 Å². The molecular weight excluding hydrogens is 506 g/mol. The minimum absolute atomic E-state index is 0.144. The molecule has 0 spiro atoms. The molecule has 5 rings (SSSR count). The van der Waals surface area contributed by atoms with Crippen molar-refractivity contribution < 1.29 is 32.2 Å². The number of fused-ring (bicyclic) bond motifs is 2. The minimum Gasteiger partial charge on any atom is -0.486 e. The summed E-state index contributed by atoms with van der Waals surface area (Å²) in [6.07, 6.45) is 2.71. The second-order valence-electron chi connectivity index (χ2n) is 8.42. The first-order valence-electron chi connectivity index (χ1n) is 11.6. The van der Waals surface area contributed by atoms with E-state index in [0.29, 0.717) is 48.1 Å². The maximum atomic E-state index is 13.0. The van der Waals surface area contributed by atoms with Crippen LogP contribution in [-0.2, 0) is 26.1 Å².